The second kappa shape index (κ2) is 3.15. The van der Waals surface area contributed by atoms with Gasteiger partial charge < -0.3 is 16.5 Å². The lowest BCUT2D eigenvalue weighted by Crippen LogP contribution is -2.41. The highest BCUT2D eigenvalue weighted by Crippen LogP contribution is 1.62. The summed E-state index contributed by atoms with van der Waals surface area (Å²) in [6.45, 7) is 1.35. The number of amides is 1. The highest BCUT2D eigenvalue weighted by molar-refractivity contribution is 5.77. The lowest BCUT2D eigenvalue weighted by Gasteiger charge is -2.02. The molecule has 1 unspecified atom stereocenters. The number of nitrogens with one attached hydrogen (secondary N) is 2. The molecule has 0 radical (unpaired) electrons. The zero-order valence-corrected chi connectivity index (χ0v) is 4.64. The fourth-order valence-corrected chi connectivity index (χ4v) is 0.276. The normalized spacial score (nSPS) is 12.2. The van der Waals surface area contributed by atoms with Gasteiger partial charge in [0.15, 0.2) is 0 Å². The first-order valence-corrected chi connectivity index (χ1v) is 2.20. The molecule has 0 heterocycles. The monoisotopic (exact) mass is 115 g/mol. The molecule has 1 amide bonds. The largest absolute Gasteiger partial charge is 0.336 e. The second-order valence-electron chi connectivity index (χ2n) is 1.39. The van der Waals surface area contributed by atoms with E-state index in [9.17, 15) is 4.79 Å². The van der Waals surface area contributed by atoms with Crippen molar-refractivity contribution in [3.05, 3.63) is 0 Å². The van der Waals surface area contributed by atoms with Gasteiger partial charge in [-0.2, -0.15) is 0 Å². The molecule has 0 saturated carbocycles. The van der Waals surface area contributed by atoms with Gasteiger partial charge in [0.25, 0.3) is 0 Å². The van der Waals surface area contributed by atoms with E-state index in [0.29, 0.717) is 0 Å². The molecule has 0 fully saturated rings. The van der Waals surface area contributed by atoms with Crippen LogP contribution in [0.2, 0.25) is 0 Å². The molecule has 0 aromatic heterocycles. The van der Waals surface area contributed by atoms with Crippen LogP contribution in [0.25, 0.3) is 0 Å². The van der Waals surface area contributed by atoms with Crippen LogP contribution in [0.4, 0.5) is 0 Å². The average Bonchev–Trinajstić information content (AvgIpc) is 1.65. The van der Waals surface area contributed by atoms with Gasteiger partial charge in [-0.15, -0.1) is 0 Å². The van der Waals surface area contributed by atoms with Crippen molar-refractivity contribution < 1.29 is 4.79 Å². The van der Waals surface area contributed by atoms with E-state index in [1.807, 2.05) is 0 Å². The van der Waals surface area contributed by atoms with Gasteiger partial charge in [-0.05, 0) is 0 Å². The maximum Gasteiger partial charge on any atom is 0.218 e. The Morgan fingerprint density at radius 2 is 2.50 bits per heavy atom. The fourth-order valence-electron chi connectivity index (χ4n) is 0.276. The summed E-state index contributed by atoms with van der Waals surface area (Å²) in [5, 5.41) is 8.83. The highest BCUT2D eigenvalue weighted by atomic mass is 16.1. The SMILES string of the molecule is CC(=O)NC(N)C=N. The zero-order chi connectivity index (χ0) is 6.57. The van der Waals surface area contributed by atoms with Crippen LogP contribution < -0.4 is 11.1 Å². The van der Waals surface area contributed by atoms with Gasteiger partial charge in [0.2, 0.25) is 5.91 Å². The van der Waals surface area contributed by atoms with Crippen molar-refractivity contribution in [2.45, 2.75) is 13.1 Å². The Bertz CT molecular complexity index is 101. The van der Waals surface area contributed by atoms with Gasteiger partial charge in [0, 0.05) is 13.1 Å². The molecule has 0 aromatic rings. The molecule has 46 valence electrons. The molecular formula is C4H9N3O. The minimum Gasteiger partial charge on any atom is -0.336 e. The Kier molecular flexibility index (Phi) is 2.79. The highest BCUT2D eigenvalue weighted by Gasteiger charge is 1.95. The fraction of sp³-hybridized carbons (Fsp3) is 0.500. The zero-order valence-electron chi connectivity index (χ0n) is 4.64. The number of nitrogens with two attached hydrogens (primary N) is 1. The van der Waals surface area contributed by atoms with Crippen LogP contribution in [0.1, 0.15) is 6.92 Å². The first-order valence-electron chi connectivity index (χ1n) is 2.20. The van der Waals surface area contributed by atoms with Crippen molar-refractivity contribution >= 4 is 12.1 Å². The molecule has 8 heavy (non-hydrogen) atoms. The van der Waals surface area contributed by atoms with Crippen LogP contribution in [-0.4, -0.2) is 18.3 Å². The van der Waals surface area contributed by atoms with Crippen molar-refractivity contribution in [3.63, 3.8) is 0 Å². The number of carbonyl (C=O) groups is 1. The number of rotatable bonds is 2. The van der Waals surface area contributed by atoms with E-state index in [1.54, 1.807) is 0 Å². The predicted octanol–water partition coefficient (Wildman–Crippen LogP) is -0.943. The number of hydrogen-bond acceptors (Lipinski definition) is 3. The second-order valence-corrected chi connectivity index (χ2v) is 1.39. The summed E-state index contributed by atoms with van der Waals surface area (Å²) in [6, 6.07) is 0. The Labute approximate surface area is 47.6 Å². The maximum absolute atomic E-state index is 10.1. The van der Waals surface area contributed by atoms with Crippen molar-refractivity contribution in [1.29, 1.82) is 5.41 Å². The van der Waals surface area contributed by atoms with Crippen LogP contribution >= 0.6 is 0 Å². The third-order valence-electron chi connectivity index (χ3n) is 0.549. The van der Waals surface area contributed by atoms with Crippen molar-refractivity contribution in [2.75, 3.05) is 0 Å². The van der Waals surface area contributed by atoms with Crippen molar-refractivity contribution in [1.82, 2.24) is 5.32 Å². The molecule has 4 N–H and O–H groups in total. The maximum atomic E-state index is 10.1. The molecule has 0 spiro atoms. The summed E-state index contributed by atoms with van der Waals surface area (Å²) in [5.74, 6) is -0.221. The summed E-state index contributed by atoms with van der Waals surface area (Å²) in [4.78, 5) is 10.1. The minimum absolute atomic E-state index is 0.221. The molecule has 1 atom stereocenters. The summed E-state index contributed by atoms with van der Waals surface area (Å²) >= 11 is 0. The lowest BCUT2D eigenvalue weighted by atomic mass is 10.5. The predicted molar refractivity (Wildman–Crippen MR) is 30.6 cm³/mol. The molecule has 0 aliphatic heterocycles. The van der Waals surface area contributed by atoms with Gasteiger partial charge in [0.05, 0.1) is 0 Å². The molecule has 4 nitrogen and oxygen atoms in total. The average molecular weight is 115 g/mol. The Balaban J connectivity index is 3.38. The molecule has 0 aromatic carbocycles. The third kappa shape index (κ3) is 3.30. The smallest absolute Gasteiger partial charge is 0.218 e. The van der Waals surface area contributed by atoms with Crippen LogP contribution in [0, 0.1) is 5.41 Å². The van der Waals surface area contributed by atoms with Crippen molar-refractivity contribution in [2.24, 2.45) is 5.73 Å². The van der Waals surface area contributed by atoms with Gasteiger partial charge in [-0.3, -0.25) is 4.79 Å². The summed E-state index contributed by atoms with van der Waals surface area (Å²) < 4.78 is 0. The first-order chi connectivity index (χ1) is 3.66. The summed E-state index contributed by atoms with van der Waals surface area (Å²) in [7, 11) is 0. The molecular weight excluding hydrogens is 106 g/mol. The van der Waals surface area contributed by atoms with Crippen molar-refractivity contribution in [3.8, 4) is 0 Å². The summed E-state index contributed by atoms with van der Waals surface area (Å²) in [6.07, 6.45) is 0.328. The minimum atomic E-state index is -0.632. The third-order valence-corrected chi connectivity index (χ3v) is 0.549. The lowest BCUT2D eigenvalue weighted by molar-refractivity contribution is -0.119. The van der Waals surface area contributed by atoms with E-state index in [4.69, 9.17) is 11.1 Å². The van der Waals surface area contributed by atoms with Gasteiger partial charge in [-0.25, -0.2) is 0 Å². The molecule has 0 aliphatic rings. The topological polar surface area (TPSA) is 79.0 Å². The van der Waals surface area contributed by atoms with Gasteiger partial charge in [0.1, 0.15) is 6.17 Å². The van der Waals surface area contributed by atoms with E-state index in [0.717, 1.165) is 6.21 Å². The molecule has 0 saturated heterocycles. The van der Waals surface area contributed by atoms with Crippen LogP contribution in [0.3, 0.4) is 0 Å². The van der Waals surface area contributed by atoms with E-state index in [1.165, 1.54) is 6.92 Å². The van der Waals surface area contributed by atoms with Crippen LogP contribution in [0.5, 0.6) is 0 Å². The Hall–Kier alpha value is -0.900. The first kappa shape index (κ1) is 7.10. The summed E-state index contributed by atoms with van der Waals surface area (Å²) in [5.41, 5.74) is 5.10. The van der Waals surface area contributed by atoms with E-state index >= 15 is 0 Å². The molecule has 0 aliphatic carbocycles. The van der Waals surface area contributed by atoms with Crippen LogP contribution in [-0.2, 0) is 4.79 Å². The van der Waals surface area contributed by atoms with E-state index < -0.39 is 6.17 Å². The van der Waals surface area contributed by atoms with Crippen LogP contribution in [0.15, 0.2) is 0 Å². The van der Waals surface area contributed by atoms with E-state index in [2.05, 4.69) is 5.32 Å². The number of hydrogen-bond donors (Lipinski definition) is 3. The number of carbonyl (C=O) groups excluding carboxylic acids is 1. The molecule has 0 bridgehead atoms. The quantitative estimate of drug-likeness (QED) is 0.320. The molecule has 0 rings (SSSR count). The van der Waals surface area contributed by atoms with E-state index in [-0.39, 0.29) is 5.91 Å². The van der Waals surface area contributed by atoms with Gasteiger partial charge >= 0.3 is 0 Å². The standard InChI is InChI=1S/C4H9N3O/c1-3(8)7-4(6)2-5/h2,4-5H,6H2,1H3,(H,7,8). The Morgan fingerprint density at radius 1 is 2.00 bits per heavy atom. The Morgan fingerprint density at radius 3 is 2.62 bits per heavy atom. The molecule has 4 heteroatoms. The van der Waals surface area contributed by atoms with Gasteiger partial charge in [-0.1, -0.05) is 0 Å².